The van der Waals surface area contributed by atoms with E-state index in [0.717, 1.165) is 11.1 Å². The molecule has 2 rings (SSSR count). The Balaban J connectivity index is 2.55. The molecule has 2 N–H and O–H groups in total. The Morgan fingerprint density at radius 3 is 2.35 bits per heavy atom. The van der Waals surface area contributed by atoms with Crippen molar-refractivity contribution in [3.8, 4) is 17.2 Å². The van der Waals surface area contributed by atoms with Crippen LogP contribution in [-0.2, 0) is 0 Å². The van der Waals surface area contributed by atoms with E-state index in [2.05, 4.69) is 4.98 Å². The summed E-state index contributed by atoms with van der Waals surface area (Å²) in [5, 5.41) is 27.2. The summed E-state index contributed by atoms with van der Waals surface area (Å²) in [4.78, 5) is 3.91. The number of nitrogens with zero attached hydrogens (tertiary/aromatic N) is 2. The highest BCUT2D eigenvalue weighted by atomic mass is 16.4. The molecule has 0 aliphatic carbocycles. The van der Waals surface area contributed by atoms with E-state index in [9.17, 15) is 0 Å². The summed E-state index contributed by atoms with van der Waals surface area (Å²) in [6, 6.07) is 10.4. The maximum absolute atomic E-state index is 9.15. The molecule has 17 heavy (non-hydrogen) atoms. The second kappa shape index (κ2) is 4.79. The van der Waals surface area contributed by atoms with Crippen molar-refractivity contribution in [3.63, 3.8) is 0 Å². The molecular formula is C12H9BN2O2. The van der Waals surface area contributed by atoms with Gasteiger partial charge in [-0.25, -0.2) is 0 Å². The highest BCUT2D eigenvalue weighted by Gasteiger charge is 2.13. The van der Waals surface area contributed by atoms with Crippen molar-refractivity contribution in [3.05, 3.63) is 48.3 Å². The summed E-state index contributed by atoms with van der Waals surface area (Å²) in [5.41, 5.74) is 2.33. The number of hydrogen-bond acceptors (Lipinski definition) is 4. The Kier molecular flexibility index (Phi) is 3.19. The summed E-state index contributed by atoms with van der Waals surface area (Å²) >= 11 is 0. The Labute approximate surface area is 98.9 Å². The van der Waals surface area contributed by atoms with E-state index >= 15 is 0 Å². The average molecular weight is 224 g/mol. The van der Waals surface area contributed by atoms with E-state index < -0.39 is 7.12 Å². The quantitative estimate of drug-likeness (QED) is 0.719. The minimum Gasteiger partial charge on any atom is -0.423 e. The van der Waals surface area contributed by atoms with Gasteiger partial charge < -0.3 is 10.0 Å². The molecule has 1 aromatic heterocycles. The van der Waals surface area contributed by atoms with Gasteiger partial charge in [0.25, 0.3) is 0 Å². The van der Waals surface area contributed by atoms with Gasteiger partial charge in [0.1, 0.15) is 0 Å². The summed E-state index contributed by atoms with van der Waals surface area (Å²) < 4.78 is 0. The number of pyridine rings is 1. The molecule has 1 heterocycles. The molecule has 0 spiro atoms. The average Bonchev–Trinajstić information content (AvgIpc) is 2.39. The lowest BCUT2D eigenvalue weighted by molar-refractivity contribution is 0.426. The molecule has 0 aliphatic rings. The minimum absolute atomic E-state index is 0.302. The predicted octanol–water partition coefficient (Wildman–Crippen LogP) is 0.300. The Hall–Kier alpha value is -2.16. The fourth-order valence-electron chi connectivity index (χ4n) is 1.58. The number of benzene rings is 1. The molecule has 4 nitrogen and oxygen atoms in total. The van der Waals surface area contributed by atoms with E-state index in [1.54, 1.807) is 36.7 Å². The van der Waals surface area contributed by atoms with Gasteiger partial charge in [0.2, 0.25) is 0 Å². The molecule has 1 aromatic carbocycles. The fourth-order valence-corrected chi connectivity index (χ4v) is 1.58. The summed E-state index contributed by atoms with van der Waals surface area (Å²) in [6.07, 6.45) is 3.28. The lowest BCUT2D eigenvalue weighted by Gasteiger charge is -2.06. The highest BCUT2D eigenvalue weighted by Crippen LogP contribution is 2.18. The topological polar surface area (TPSA) is 77.1 Å². The first-order valence-corrected chi connectivity index (χ1v) is 5.02. The zero-order valence-electron chi connectivity index (χ0n) is 8.91. The zero-order valence-corrected chi connectivity index (χ0v) is 8.91. The van der Waals surface area contributed by atoms with Crippen LogP contribution in [0.4, 0.5) is 0 Å². The van der Waals surface area contributed by atoms with Crippen LogP contribution in [0.2, 0.25) is 0 Å². The largest absolute Gasteiger partial charge is 0.488 e. The molecule has 0 unspecified atom stereocenters. The SMILES string of the molecule is N#Cc1cc(B(O)O)cc(-c2ccncc2)c1. The smallest absolute Gasteiger partial charge is 0.423 e. The maximum Gasteiger partial charge on any atom is 0.488 e. The van der Waals surface area contributed by atoms with Crippen molar-refractivity contribution in [2.75, 3.05) is 0 Å². The van der Waals surface area contributed by atoms with Gasteiger partial charge in [-0.1, -0.05) is 6.07 Å². The third kappa shape index (κ3) is 2.51. The van der Waals surface area contributed by atoms with Gasteiger partial charge in [0.15, 0.2) is 0 Å². The third-order valence-electron chi connectivity index (χ3n) is 2.40. The Morgan fingerprint density at radius 1 is 1.06 bits per heavy atom. The van der Waals surface area contributed by atoms with Gasteiger partial charge in [-0.05, 0) is 40.9 Å². The molecule has 82 valence electrons. The van der Waals surface area contributed by atoms with E-state index in [0.29, 0.717) is 11.0 Å². The van der Waals surface area contributed by atoms with E-state index in [4.69, 9.17) is 15.3 Å². The summed E-state index contributed by atoms with van der Waals surface area (Å²) in [5.74, 6) is 0. The molecule has 0 amide bonds. The van der Waals surface area contributed by atoms with E-state index in [-0.39, 0.29) is 0 Å². The molecule has 0 radical (unpaired) electrons. The van der Waals surface area contributed by atoms with Crippen LogP contribution in [0.25, 0.3) is 11.1 Å². The number of hydrogen-bond donors (Lipinski definition) is 2. The van der Waals surface area contributed by atoms with Crippen LogP contribution in [0.5, 0.6) is 0 Å². The molecular weight excluding hydrogens is 215 g/mol. The van der Waals surface area contributed by atoms with Crippen LogP contribution >= 0.6 is 0 Å². The Bertz CT molecular complexity index is 564. The van der Waals surface area contributed by atoms with Crippen LogP contribution < -0.4 is 5.46 Å². The molecule has 2 aromatic rings. The first-order valence-electron chi connectivity index (χ1n) is 5.02. The van der Waals surface area contributed by atoms with Gasteiger partial charge in [0, 0.05) is 12.4 Å². The number of rotatable bonds is 2. The normalized spacial score (nSPS) is 9.71. The van der Waals surface area contributed by atoms with Crippen molar-refractivity contribution in [2.45, 2.75) is 0 Å². The summed E-state index contributed by atoms with van der Waals surface area (Å²) in [6.45, 7) is 0. The van der Waals surface area contributed by atoms with Crippen molar-refractivity contribution in [1.82, 2.24) is 4.98 Å². The predicted molar refractivity (Wildman–Crippen MR) is 64.2 cm³/mol. The second-order valence-electron chi connectivity index (χ2n) is 3.57. The van der Waals surface area contributed by atoms with Crippen LogP contribution in [0.15, 0.2) is 42.7 Å². The van der Waals surface area contributed by atoms with E-state index in [1.165, 1.54) is 6.07 Å². The van der Waals surface area contributed by atoms with Gasteiger partial charge in [-0.2, -0.15) is 5.26 Å². The van der Waals surface area contributed by atoms with Crippen LogP contribution in [-0.4, -0.2) is 22.2 Å². The second-order valence-corrected chi connectivity index (χ2v) is 3.57. The fraction of sp³-hybridized carbons (Fsp3) is 0. The van der Waals surface area contributed by atoms with Crippen LogP contribution in [0.1, 0.15) is 5.56 Å². The molecule has 0 saturated carbocycles. The highest BCUT2D eigenvalue weighted by molar-refractivity contribution is 6.58. The lowest BCUT2D eigenvalue weighted by atomic mass is 9.78. The van der Waals surface area contributed by atoms with Crippen LogP contribution in [0, 0.1) is 11.3 Å². The van der Waals surface area contributed by atoms with Gasteiger partial charge in [0.05, 0.1) is 11.6 Å². The van der Waals surface area contributed by atoms with Crippen LogP contribution in [0.3, 0.4) is 0 Å². The lowest BCUT2D eigenvalue weighted by Crippen LogP contribution is -2.30. The number of nitriles is 1. The molecule has 0 bridgehead atoms. The standard InChI is InChI=1S/C12H9BN2O2/c14-8-9-5-11(7-12(6-9)13(16)17)10-1-3-15-4-2-10/h1-7,16-17H. The molecule has 0 aliphatic heterocycles. The Morgan fingerprint density at radius 2 is 1.76 bits per heavy atom. The van der Waals surface area contributed by atoms with Crippen molar-refractivity contribution >= 4 is 12.6 Å². The monoisotopic (exact) mass is 224 g/mol. The van der Waals surface area contributed by atoms with Crippen molar-refractivity contribution < 1.29 is 10.0 Å². The zero-order chi connectivity index (χ0) is 12.3. The van der Waals surface area contributed by atoms with E-state index in [1.807, 2.05) is 6.07 Å². The summed E-state index contributed by atoms with van der Waals surface area (Å²) in [7, 11) is -1.58. The van der Waals surface area contributed by atoms with Gasteiger partial charge in [-0.15, -0.1) is 0 Å². The third-order valence-corrected chi connectivity index (χ3v) is 2.40. The molecule has 5 heteroatoms. The maximum atomic E-state index is 9.15. The van der Waals surface area contributed by atoms with Crippen molar-refractivity contribution in [1.29, 1.82) is 5.26 Å². The first-order chi connectivity index (χ1) is 8.20. The van der Waals surface area contributed by atoms with Gasteiger partial charge in [-0.3, -0.25) is 4.98 Å². The molecule has 0 atom stereocenters. The number of aromatic nitrogens is 1. The first kappa shape index (κ1) is 11.3. The molecule has 0 fully saturated rings. The van der Waals surface area contributed by atoms with Gasteiger partial charge >= 0.3 is 7.12 Å². The molecule has 0 saturated heterocycles. The minimum atomic E-state index is -1.58. The van der Waals surface area contributed by atoms with Crippen molar-refractivity contribution in [2.24, 2.45) is 0 Å².